The third-order valence-corrected chi connectivity index (χ3v) is 4.72. The molecule has 3 rings (SSSR count). The van der Waals surface area contributed by atoms with E-state index in [4.69, 9.17) is 10.5 Å². The summed E-state index contributed by atoms with van der Waals surface area (Å²) in [5.41, 5.74) is 6.83. The fourth-order valence-corrected chi connectivity index (χ4v) is 3.13. The van der Waals surface area contributed by atoms with E-state index in [-0.39, 0.29) is 36.7 Å². The van der Waals surface area contributed by atoms with E-state index in [1.807, 2.05) is 12.1 Å². The predicted octanol–water partition coefficient (Wildman–Crippen LogP) is 0.308. The van der Waals surface area contributed by atoms with Crippen molar-refractivity contribution in [3.63, 3.8) is 0 Å². The van der Waals surface area contributed by atoms with E-state index < -0.39 is 0 Å². The van der Waals surface area contributed by atoms with Gasteiger partial charge in [0.25, 0.3) is 5.91 Å². The lowest BCUT2D eigenvalue weighted by molar-refractivity contribution is -0.134. The Morgan fingerprint density at radius 1 is 1.29 bits per heavy atom. The third-order valence-electron chi connectivity index (χ3n) is 4.72. The molecule has 0 bridgehead atoms. The van der Waals surface area contributed by atoms with Gasteiger partial charge in [-0.1, -0.05) is 6.07 Å². The number of anilines is 1. The van der Waals surface area contributed by atoms with Crippen molar-refractivity contribution in [3.05, 3.63) is 23.8 Å². The lowest BCUT2D eigenvalue weighted by Gasteiger charge is -2.31. The van der Waals surface area contributed by atoms with Gasteiger partial charge in [0.15, 0.2) is 6.61 Å². The smallest absolute Gasteiger partial charge is 0.264 e. The standard InChI is InChI=1S/C17H21N3O4/c1-19-13-8-11(2-3-14(13)24-10-16(19)22)9-15(21)20-6-4-12(5-7-20)17(18)23/h2-3,8,12H,4-7,9-10H2,1H3,(H2,18,23). The first-order valence-electron chi connectivity index (χ1n) is 8.05. The Labute approximate surface area is 140 Å². The van der Waals surface area contributed by atoms with Gasteiger partial charge < -0.3 is 20.3 Å². The number of likely N-dealkylation sites (N-methyl/N-ethyl adjacent to an activating group) is 1. The number of nitrogens with zero attached hydrogens (tertiary/aromatic N) is 2. The predicted molar refractivity (Wildman–Crippen MR) is 87.5 cm³/mol. The highest BCUT2D eigenvalue weighted by molar-refractivity contribution is 5.97. The molecule has 2 N–H and O–H groups in total. The normalized spacial score (nSPS) is 18.1. The van der Waals surface area contributed by atoms with Crippen LogP contribution in [-0.2, 0) is 20.8 Å². The average Bonchev–Trinajstić information content (AvgIpc) is 2.58. The molecule has 128 valence electrons. The number of hydrogen-bond donors (Lipinski definition) is 1. The zero-order valence-corrected chi connectivity index (χ0v) is 13.7. The summed E-state index contributed by atoms with van der Waals surface area (Å²) in [5.74, 6) is 0.137. The number of amides is 3. The van der Waals surface area contributed by atoms with Crippen molar-refractivity contribution in [1.82, 2.24) is 4.90 Å². The molecule has 2 aliphatic heterocycles. The monoisotopic (exact) mass is 331 g/mol. The molecule has 0 unspecified atom stereocenters. The highest BCUT2D eigenvalue weighted by atomic mass is 16.5. The SMILES string of the molecule is CN1C(=O)COc2ccc(CC(=O)N3CCC(C(N)=O)CC3)cc21. The van der Waals surface area contributed by atoms with E-state index in [0.717, 1.165) is 5.56 Å². The fraction of sp³-hybridized carbons (Fsp3) is 0.471. The highest BCUT2D eigenvalue weighted by Crippen LogP contribution is 2.32. The molecule has 0 aliphatic carbocycles. The summed E-state index contributed by atoms with van der Waals surface area (Å²) in [6.07, 6.45) is 1.50. The van der Waals surface area contributed by atoms with Crippen LogP contribution in [0.4, 0.5) is 5.69 Å². The molecule has 0 radical (unpaired) electrons. The van der Waals surface area contributed by atoms with Crippen LogP contribution in [0.2, 0.25) is 0 Å². The van der Waals surface area contributed by atoms with E-state index in [2.05, 4.69) is 0 Å². The van der Waals surface area contributed by atoms with Crippen molar-refractivity contribution in [2.75, 3.05) is 31.6 Å². The molecule has 1 fully saturated rings. The van der Waals surface area contributed by atoms with Crippen LogP contribution in [0.5, 0.6) is 5.75 Å². The number of primary amides is 1. The molecule has 1 aromatic rings. The van der Waals surface area contributed by atoms with Gasteiger partial charge in [-0.15, -0.1) is 0 Å². The number of piperidine rings is 1. The molecule has 7 heteroatoms. The first-order valence-corrected chi connectivity index (χ1v) is 8.05. The molecule has 7 nitrogen and oxygen atoms in total. The minimum atomic E-state index is -0.288. The lowest BCUT2D eigenvalue weighted by Crippen LogP contribution is -2.42. The van der Waals surface area contributed by atoms with Crippen molar-refractivity contribution in [1.29, 1.82) is 0 Å². The van der Waals surface area contributed by atoms with Gasteiger partial charge in [-0.05, 0) is 30.5 Å². The first-order chi connectivity index (χ1) is 11.5. The maximum Gasteiger partial charge on any atom is 0.264 e. The zero-order chi connectivity index (χ0) is 17.3. The van der Waals surface area contributed by atoms with Gasteiger partial charge in [0.1, 0.15) is 5.75 Å². The Kier molecular flexibility index (Phi) is 4.42. The number of ether oxygens (including phenoxy) is 1. The van der Waals surface area contributed by atoms with Crippen molar-refractivity contribution in [3.8, 4) is 5.75 Å². The Balaban J connectivity index is 1.65. The van der Waals surface area contributed by atoms with Gasteiger partial charge in [0.05, 0.1) is 12.1 Å². The van der Waals surface area contributed by atoms with Crippen LogP contribution in [-0.4, -0.2) is 49.4 Å². The van der Waals surface area contributed by atoms with Crippen LogP contribution in [0.3, 0.4) is 0 Å². The first kappa shape index (κ1) is 16.3. The van der Waals surface area contributed by atoms with Crippen molar-refractivity contribution >= 4 is 23.4 Å². The van der Waals surface area contributed by atoms with Gasteiger partial charge in [-0.3, -0.25) is 14.4 Å². The second-order valence-corrected chi connectivity index (χ2v) is 6.28. The van der Waals surface area contributed by atoms with Crippen LogP contribution in [0.25, 0.3) is 0 Å². The van der Waals surface area contributed by atoms with Crippen LogP contribution < -0.4 is 15.4 Å². The topological polar surface area (TPSA) is 92.9 Å². The molecule has 0 saturated carbocycles. The number of carbonyl (C=O) groups is 3. The maximum atomic E-state index is 12.5. The van der Waals surface area contributed by atoms with Crippen molar-refractivity contribution in [2.24, 2.45) is 11.7 Å². The Hall–Kier alpha value is -2.57. The number of benzene rings is 1. The maximum absolute atomic E-state index is 12.5. The Bertz CT molecular complexity index is 680. The Morgan fingerprint density at radius 2 is 2.00 bits per heavy atom. The number of carbonyl (C=O) groups excluding carboxylic acids is 3. The minimum Gasteiger partial charge on any atom is -0.482 e. The summed E-state index contributed by atoms with van der Waals surface area (Å²) in [7, 11) is 1.70. The van der Waals surface area contributed by atoms with E-state index >= 15 is 0 Å². The second-order valence-electron chi connectivity index (χ2n) is 6.28. The molecule has 0 spiro atoms. The van der Waals surface area contributed by atoms with E-state index in [9.17, 15) is 14.4 Å². The summed E-state index contributed by atoms with van der Waals surface area (Å²) >= 11 is 0. The summed E-state index contributed by atoms with van der Waals surface area (Å²) in [4.78, 5) is 38.7. The summed E-state index contributed by atoms with van der Waals surface area (Å²) in [6.45, 7) is 1.15. The van der Waals surface area contributed by atoms with Crippen molar-refractivity contribution in [2.45, 2.75) is 19.3 Å². The minimum absolute atomic E-state index is 0.0172. The van der Waals surface area contributed by atoms with E-state index in [1.165, 1.54) is 0 Å². The van der Waals surface area contributed by atoms with Gasteiger partial charge in [-0.2, -0.15) is 0 Å². The fourth-order valence-electron chi connectivity index (χ4n) is 3.13. The molecular weight excluding hydrogens is 310 g/mol. The van der Waals surface area contributed by atoms with Crippen LogP contribution in [0.1, 0.15) is 18.4 Å². The molecular formula is C17H21N3O4. The molecule has 0 aromatic heterocycles. The van der Waals surface area contributed by atoms with Crippen LogP contribution in [0, 0.1) is 5.92 Å². The molecule has 1 aromatic carbocycles. The van der Waals surface area contributed by atoms with Gasteiger partial charge in [0.2, 0.25) is 11.8 Å². The second kappa shape index (κ2) is 6.51. The van der Waals surface area contributed by atoms with E-state index in [1.54, 1.807) is 22.9 Å². The van der Waals surface area contributed by atoms with Crippen LogP contribution in [0.15, 0.2) is 18.2 Å². The summed E-state index contributed by atoms with van der Waals surface area (Å²) in [5, 5.41) is 0. The van der Waals surface area contributed by atoms with Crippen LogP contribution >= 0.6 is 0 Å². The summed E-state index contributed by atoms with van der Waals surface area (Å²) in [6, 6.07) is 5.46. The number of fused-ring (bicyclic) bond motifs is 1. The lowest BCUT2D eigenvalue weighted by atomic mass is 9.96. The summed E-state index contributed by atoms with van der Waals surface area (Å²) < 4.78 is 5.39. The average molecular weight is 331 g/mol. The molecule has 2 heterocycles. The molecule has 3 amide bonds. The largest absolute Gasteiger partial charge is 0.482 e. The quantitative estimate of drug-likeness (QED) is 0.862. The number of likely N-dealkylation sites (tertiary alicyclic amines) is 1. The number of nitrogens with two attached hydrogens (primary N) is 1. The van der Waals surface area contributed by atoms with Gasteiger partial charge in [-0.25, -0.2) is 0 Å². The number of hydrogen-bond acceptors (Lipinski definition) is 4. The van der Waals surface area contributed by atoms with Crippen molar-refractivity contribution < 1.29 is 19.1 Å². The van der Waals surface area contributed by atoms with Gasteiger partial charge >= 0.3 is 0 Å². The highest BCUT2D eigenvalue weighted by Gasteiger charge is 2.27. The molecule has 2 aliphatic rings. The third kappa shape index (κ3) is 3.20. The molecule has 24 heavy (non-hydrogen) atoms. The zero-order valence-electron chi connectivity index (χ0n) is 13.7. The molecule has 1 saturated heterocycles. The number of rotatable bonds is 3. The molecule has 0 atom stereocenters. The van der Waals surface area contributed by atoms with E-state index in [0.29, 0.717) is 37.4 Å². The Morgan fingerprint density at radius 3 is 2.67 bits per heavy atom. The van der Waals surface area contributed by atoms with Gasteiger partial charge in [0, 0.05) is 26.1 Å².